The van der Waals surface area contributed by atoms with Crippen LogP contribution in [-0.4, -0.2) is 16.6 Å². The molecule has 0 aliphatic carbocycles. The van der Waals surface area contributed by atoms with E-state index < -0.39 is 17.5 Å². The summed E-state index contributed by atoms with van der Waals surface area (Å²) in [6.07, 6.45) is -3.86. The fraction of sp³-hybridized carbons (Fsp3) is 0.143. The Kier molecular flexibility index (Phi) is 3.56. The minimum atomic E-state index is -4.85. The molecule has 0 aliphatic heterocycles. The highest BCUT2D eigenvalue weighted by molar-refractivity contribution is 9.10. The molecule has 0 unspecified atom stereocenters. The van der Waals surface area contributed by atoms with Gasteiger partial charge in [0.05, 0.1) is 5.56 Å². The van der Waals surface area contributed by atoms with Gasteiger partial charge in [0.25, 0.3) is 5.24 Å². The van der Waals surface area contributed by atoms with Gasteiger partial charge in [-0.2, -0.15) is 0 Å². The quantitative estimate of drug-likeness (QED) is 0.788. The predicted octanol–water partition coefficient (Wildman–Crippen LogP) is 3.12. The van der Waals surface area contributed by atoms with E-state index in [0.717, 1.165) is 12.3 Å². The first-order valence-electron chi connectivity index (χ1n) is 3.41. The molecule has 15 heavy (non-hydrogen) atoms. The Labute approximate surface area is 95.3 Å². The van der Waals surface area contributed by atoms with Crippen LogP contribution >= 0.6 is 27.5 Å². The van der Waals surface area contributed by atoms with Crippen molar-refractivity contribution in [2.24, 2.45) is 0 Å². The van der Waals surface area contributed by atoms with E-state index in [2.05, 4.69) is 25.7 Å². The minimum absolute atomic E-state index is 0.147. The van der Waals surface area contributed by atoms with Crippen LogP contribution in [0.5, 0.6) is 5.88 Å². The summed E-state index contributed by atoms with van der Waals surface area (Å²) in [6.45, 7) is 0. The van der Waals surface area contributed by atoms with Crippen LogP contribution in [0.25, 0.3) is 0 Å². The molecule has 0 atom stereocenters. The zero-order valence-electron chi connectivity index (χ0n) is 6.81. The molecule has 0 amide bonds. The second-order valence-corrected chi connectivity index (χ2v) is 3.52. The number of halogens is 5. The normalized spacial score (nSPS) is 11.3. The van der Waals surface area contributed by atoms with E-state index in [-0.39, 0.29) is 10.0 Å². The molecule has 1 heterocycles. The molecule has 0 fully saturated rings. The summed E-state index contributed by atoms with van der Waals surface area (Å²) >= 11 is 8.02. The van der Waals surface area contributed by atoms with Crippen molar-refractivity contribution in [1.29, 1.82) is 0 Å². The maximum absolute atomic E-state index is 11.8. The first kappa shape index (κ1) is 12.3. The van der Waals surface area contributed by atoms with E-state index in [1.165, 1.54) is 0 Å². The molecule has 1 rings (SSSR count). The third-order valence-electron chi connectivity index (χ3n) is 1.26. The number of hydrogen-bond donors (Lipinski definition) is 0. The van der Waals surface area contributed by atoms with Gasteiger partial charge in [0.15, 0.2) is 0 Å². The van der Waals surface area contributed by atoms with Crippen LogP contribution in [0.3, 0.4) is 0 Å². The Balaban J connectivity index is 3.03. The van der Waals surface area contributed by atoms with Gasteiger partial charge in [-0.15, -0.1) is 13.2 Å². The number of carbonyl (C=O) groups excluding carboxylic acids is 1. The summed E-state index contributed by atoms with van der Waals surface area (Å²) < 4.78 is 39.0. The second kappa shape index (κ2) is 4.36. The van der Waals surface area contributed by atoms with Crippen LogP contribution in [-0.2, 0) is 0 Å². The van der Waals surface area contributed by atoms with Gasteiger partial charge in [0.1, 0.15) is 0 Å². The van der Waals surface area contributed by atoms with Crippen LogP contribution < -0.4 is 4.74 Å². The van der Waals surface area contributed by atoms with Gasteiger partial charge in [-0.25, -0.2) is 4.98 Å². The van der Waals surface area contributed by atoms with E-state index in [9.17, 15) is 18.0 Å². The number of ether oxygens (including phenoxy) is 1. The third-order valence-corrected chi connectivity index (χ3v) is 2.10. The summed E-state index contributed by atoms with van der Waals surface area (Å²) in [5.74, 6) is -0.741. The number of alkyl halides is 3. The zero-order valence-corrected chi connectivity index (χ0v) is 9.15. The Hall–Kier alpha value is -0.820. The molecule has 0 aliphatic rings. The summed E-state index contributed by atoms with van der Waals surface area (Å²) in [7, 11) is 0. The second-order valence-electron chi connectivity index (χ2n) is 2.32. The number of aromatic nitrogens is 1. The van der Waals surface area contributed by atoms with Gasteiger partial charge >= 0.3 is 6.36 Å². The molecule has 0 aromatic carbocycles. The van der Waals surface area contributed by atoms with Crippen LogP contribution in [0, 0.1) is 0 Å². The minimum Gasteiger partial charge on any atom is -0.388 e. The Morgan fingerprint density at radius 3 is 2.60 bits per heavy atom. The molecule has 0 radical (unpaired) electrons. The Bertz CT molecular complexity index is 396. The van der Waals surface area contributed by atoms with Crippen molar-refractivity contribution in [3.8, 4) is 5.88 Å². The van der Waals surface area contributed by atoms with Gasteiger partial charge in [-0.3, -0.25) is 4.79 Å². The monoisotopic (exact) mass is 303 g/mol. The lowest BCUT2D eigenvalue weighted by molar-refractivity contribution is -0.276. The molecule has 82 valence electrons. The van der Waals surface area contributed by atoms with E-state index in [4.69, 9.17) is 11.6 Å². The maximum atomic E-state index is 11.8. The number of pyridine rings is 1. The molecule has 0 saturated carbocycles. The predicted molar refractivity (Wildman–Crippen MR) is 48.8 cm³/mol. The van der Waals surface area contributed by atoms with Crippen LogP contribution in [0.1, 0.15) is 10.4 Å². The molecule has 0 saturated heterocycles. The molecule has 1 aromatic heterocycles. The third kappa shape index (κ3) is 3.67. The van der Waals surface area contributed by atoms with Gasteiger partial charge in [0.2, 0.25) is 5.88 Å². The van der Waals surface area contributed by atoms with Crippen molar-refractivity contribution < 1.29 is 22.7 Å². The maximum Gasteiger partial charge on any atom is 0.574 e. The summed E-state index contributed by atoms with van der Waals surface area (Å²) in [5.41, 5.74) is -0.147. The van der Waals surface area contributed by atoms with E-state index in [0.29, 0.717) is 0 Å². The van der Waals surface area contributed by atoms with Gasteiger partial charge in [0, 0.05) is 16.7 Å². The molecule has 0 N–H and O–H groups in total. The molecular weight excluding hydrogens is 302 g/mol. The van der Waals surface area contributed by atoms with E-state index >= 15 is 0 Å². The largest absolute Gasteiger partial charge is 0.574 e. The lowest BCUT2D eigenvalue weighted by Crippen LogP contribution is -2.18. The Morgan fingerprint density at radius 2 is 2.13 bits per heavy atom. The standard InChI is InChI=1S/C7H2BrClF3NO2/c8-4-2-13-5(15-7(10,11)12)1-3(4)6(9)14/h1-2H. The van der Waals surface area contributed by atoms with Crippen molar-refractivity contribution >= 4 is 32.8 Å². The van der Waals surface area contributed by atoms with E-state index in [1.54, 1.807) is 0 Å². The van der Waals surface area contributed by atoms with Crippen molar-refractivity contribution in [3.63, 3.8) is 0 Å². The van der Waals surface area contributed by atoms with Gasteiger partial charge in [-0.1, -0.05) is 0 Å². The van der Waals surface area contributed by atoms with Crippen molar-refractivity contribution in [1.82, 2.24) is 4.98 Å². The average molecular weight is 304 g/mol. The van der Waals surface area contributed by atoms with Crippen molar-refractivity contribution in [2.45, 2.75) is 6.36 Å². The molecule has 3 nitrogen and oxygen atoms in total. The average Bonchev–Trinajstić information content (AvgIpc) is 2.05. The lowest BCUT2D eigenvalue weighted by Gasteiger charge is -2.08. The molecule has 0 spiro atoms. The highest BCUT2D eigenvalue weighted by atomic mass is 79.9. The highest BCUT2D eigenvalue weighted by Crippen LogP contribution is 2.25. The SMILES string of the molecule is O=C(Cl)c1cc(OC(F)(F)F)ncc1Br. The van der Waals surface area contributed by atoms with Crippen LogP contribution in [0.15, 0.2) is 16.7 Å². The van der Waals surface area contributed by atoms with Gasteiger partial charge < -0.3 is 4.74 Å². The smallest absolute Gasteiger partial charge is 0.388 e. The van der Waals surface area contributed by atoms with Crippen molar-refractivity contribution in [2.75, 3.05) is 0 Å². The number of rotatable bonds is 2. The number of nitrogens with zero attached hydrogens (tertiary/aromatic N) is 1. The summed E-state index contributed by atoms with van der Waals surface area (Å²) in [4.78, 5) is 14.1. The van der Waals surface area contributed by atoms with Crippen LogP contribution in [0.4, 0.5) is 13.2 Å². The zero-order chi connectivity index (χ0) is 11.6. The first-order valence-corrected chi connectivity index (χ1v) is 4.58. The number of hydrogen-bond acceptors (Lipinski definition) is 3. The fourth-order valence-corrected chi connectivity index (χ4v) is 1.41. The van der Waals surface area contributed by atoms with Crippen molar-refractivity contribution in [3.05, 3.63) is 22.3 Å². The molecule has 8 heteroatoms. The Morgan fingerprint density at radius 1 is 1.53 bits per heavy atom. The first-order chi connectivity index (χ1) is 6.79. The number of carbonyl (C=O) groups is 1. The fourth-order valence-electron chi connectivity index (χ4n) is 0.745. The summed E-state index contributed by atoms with van der Waals surface area (Å²) in [6, 6.07) is 0.799. The van der Waals surface area contributed by atoms with E-state index in [1.807, 2.05) is 0 Å². The lowest BCUT2D eigenvalue weighted by atomic mass is 10.3. The molecular formula is C7H2BrClF3NO2. The topological polar surface area (TPSA) is 39.2 Å². The summed E-state index contributed by atoms with van der Waals surface area (Å²) in [5, 5.41) is -0.906. The molecule has 1 aromatic rings. The van der Waals surface area contributed by atoms with Crippen LogP contribution in [0.2, 0.25) is 0 Å². The highest BCUT2D eigenvalue weighted by Gasteiger charge is 2.32. The molecule has 0 bridgehead atoms. The van der Waals surface area contributed by atoms with Gasteiger partial charge in [-0.05, 0) is 27.5 Å².